The fourth-order valence-corrected chi connectivity index (χ4v) is 4.91. The molecule has 2 aromatic rings. The Balaban J connectivity index is 1.61. The van der Waals surface area contributed by atoms with Crippen LogP contribution in [-0.4, -0.2) is 29.4 Å². The summed E-state index contributed by atoms with van der Waals surface area (Å²) in [6.45, 7) is 6.55. The summed E-state index contributed by atoms with van der Waals surface area (Å²) >= 11 is 0. The molecule has 0 unspecified atom stereocenters. The van der Waals surface area contributed by atoms with Gasteiger partial charge in [0.25, 0.3) is 0 Å². The minimum absolute atomic E-state index is 0.160. The molecular formula is C26H30F2O5. The number of aryl methyl sites for hydroxylation is 1. The number of carbonyl (C=O) groups is 1. The molecule has 178 valence electrons. The Kier molecular flexibility index (Phi) is 6.61. The maximum atomic E-state index is 13.6. The van der Waals surface area contributed by atoms with E-state index in [9.17, 15) is 18.7 Å². The van der Waals surface area contributed by atoms with Gasteiger partial charge < -0.3 is 19.3 Å². The molecule has 2 heterocycles. The van der Waals surface area contributed by atoms with Crippen LogP contribution in [0.15, 0.2) is 36.4 Å². The lowest BCUT2D eigenvalue weighted by molar-refractivity contribution is -0.188. The predicted octanol–water partition coefficient (Wildman–Crippen LogP) is 5.70. The topological polar surface area (TPSA) is 65.0 Å². The summed E-state index contributed by atoms with van der Waals surface area (Å²) in [6.07, 6.45) is 1.13. The molecule has 7 heteroatoms. The van der Waals surface area contributed by atoms with Gasteiger partial charge in [0.15, 0.2) is 11.6 Å². The molecule has 0 saturated carbocycles. The highest BCUT2D eigenvalue weighted by Crippen LogP contribution is 2.53. The van der Waals surface area contributed by atoms with Gasteiger partial charge in [0.2, 0.25) is 0 Å². The zero-order valence-corrected chi connectivity index (χ0v) is 19.1. The molecule has 0 aromatic heterocycles. The normalized spacial score (nSPS) is 25.5. The summed E-state index contributed by atoms with van der Waals surface area (Å²) in [5, 5.41) is 9.93. The Hall–Kier alpha value is -2.67. The minimum atomic E-state index is -0.926. The van der Waals surface area contributed by atoms with Gasteiger partial charge >= 0.3 is 5.97 Å². The van der Waals surface area contributed by atoms with E-state index in [2.05, 4.69) is 0 Å². The second kappa shape index (κ2) is 9.29. The number of halogens is 2. The molecular weight excluding hydrogens is 430 g/mol. The third-order valence-corrected chi connectivity index (χ3v) is 6.69. The predicted molar refractivity (Wildman–Crippen MR) is 118 cm³/mol. The number of hydrogen-bond donors (Lipinski definition) is 1. The SMILES string of the molecule is CCCOc1ccc2c(c1)[C@H]1O[C@@H](CCc3ccc(F)c(F)c3)[C@@H](C(=O)O)C[C@@H]1C(C)(C)O2. The monoisotopic (exact) mass is 460 g/mol. The quantitative estimate of drug-likeness (QED) is 0.574. The van der Waals surface area contributed by atoms with E-state index < -0.39 is 35.2 Å². The number of carboxylic acid groups (broad SMARTS) is 1. The van der Waals surface area contributed by atoms with Crippen molar-refractivity contribution in [3.8, 4) is 11.5 Å². The van der Waals surface area contributed by atoms with Gasteiger partial charge in [0, 0.05) is 11.5 Å². The number of ether oxygens (including phenoxy) is 3. The van der Waals surface area contributed by atoms with Crippen molar-refractivity contribution in [2.24, 2.45) is 11.8 Å². The van der Waals surface area contributed by atoms with Crippen LogP contribution in [0.5, 0.6) is 11.5 Å². The molecule has 0 radical (unpaired) electrons. The molecule has 4 rings (SSSR count). The lowest BCUT2D eigenvalue weighted by atomic mass is 9.71. The minimum Gasteiger partial charge on any atom is -0.494 e. The van der Waals surface area contributed by atoms with Crippen molar-refractivity contribution < 1.29 is 32.9 Å². The fourth-order valence-electron chi connectivity index (χ4n) is 4.91. The first-order chi connectivity index (χ1) is 15.7. The Morgan fingerprint density at radius 1 is 1.18 bits per heavy atom. The first-order valence-electron chi connectivity index (χ1n) is 11.5. The smallest absolute Gasteiger partial charge is 0.309 e. The molecule has 0 spiro atoms. The maximum absolute atomic E-state index is 13.6. The summed E-state index contributed by atoms with van der Waals surface area (Å²) in [7, 11) is 0. The number of fused-ring (bicyclic) bond motifs is 3. The number of carboxylic acids is 1. The van der Waals surface area contributed by atoms with Crippen molar-refractivity contribution in [1.82, 2.24) is 0 Å². The van der Waals surface area contributed by atoms with Gasteiger partial charge in [-0.15, -0.1) is 0 Å². The fraction of sp³-hybridized carbons (Fsp3) is 0.500. The largest absolute Gasteiger partial charge is 0.494 e. The summed E-state index contributed by atoms with van der Waals surface area (Å²) in [6, 6.07) is 9.43. The van der Waals surface area contributed by atoms with Crippen LogP contribution in [-0.2, 0) is 16.0 Å². The van der Waals surface area contributed by atoms with Gasteiger partial charge in [-0.2, -0.15) is 0 Å². The average Bonchev–Trinajstić information content (AvgIpc) is 2.77. The van der Waals surface area contributed by atoms with Gasteiger partial charge in [0.1, 0.15) is 17.1 Å². The van der Waals surface area contributed by atoms with E-state index in [1.807, 2.05) is 39.0 Å². The zero-order valence-electron chi connectivity index (χ0n) is 19.1. The van der Waals surface area contributed by atoms with Gasteiger partial charge in [-0.25, -0.2) is 8.78 Å². The van der Waals surface area contributed by atoms with Gasteiger partial charge in [0.05, 0.1) is 24.7 Å². The van der Waals surface area contributed by atoms with Crippen LogP contribution in [0.4, 0.5) is 8.78 Å². The molecule has 1 saturated heterocycles. The number of benzene rings is 2. The zero-order chi connectivity index (χ0) is 23.8. The summed E-state index contributed by atoms with van der Waals surface area (Å²) < 4.78 is 45.4. The van der Waals surface area contributed by atoms with Gasteiger partial charge in [-0.1, -0.05) is 13.0 Å². The molecule has 2 aromatic carbocycles. The van der Waals surface area contributed by atoms with Crippen LogP contribution in [0.2, 0.25) is 0 Å². The van der Waals surface area contributed by atoms with Gasteiger partial charge in [-0.3, -0.25) is 4.79 Å². The highest BCUT2D eigenvalue weighted by molar-refractivity contribution is 5.71. The molecule has 33 heavy (non-hydrogen) atoms. The van der Waals surface area contributed by atoms with E-state index >= 15 is 0 Å². The second-order valence-corrected chi connectivity index (χ2v) is 9.42. The molecule has 5 nitrogen and oxygen atoms in total. The van der Waals surface area contributed by atoms with Crippen LogP contribution in [0.1, 0.15) is 57.3 Å². The molecule has 4 atom stereocenters. The van der Waals surface area contributed by atoms with Crippen molar-refractivity contribution in [2.75, 3.05) is 6.61 Å². The van der Waals surface area contributed by atoms with E-state index in [1.54, 1.807) is 0 Å². The molecule has 0 bridgehead atoms. The first-order valence-corrected chi connectivity index (χ1v) is 11.5. The van der Waals surface area contributed by atoms with Crippen molar-refractivity contribution in [1.29, 1.82) is 0 Å². The number of rotatable bonds is 7. The summed E-state index contributed by atoms with van der Waals surface area (Å²) in [5.41, 5.74) is 0.851. The van der Waals surface area contributed by atoms with Crippen LogP contribution >= 0.6 is 0 Å². The second-order valence-electron chi connectivity index (χ2n) is 9.42. The van der Waals surface area contributed by atoms with E-state index in [0.717, 1.165) is 29.9 Å². The molecule has 0 amide bonds. The van der Waals surface area contributed by atoms with Crippen LogP contribution in [0.25, 0.3) is 0 Å². The lowest BCUT2D eigenvalue weighted by Crippen LogP contribution is -2.52. The van der Waals surface area contributed by atoms with E-state index in [1.165, 1.54) is 6.07 Å². The summed E-state index contributed by atoms with van der Waals surface area (Å²) in [4.78, 5) is 12.1. The Bertz CT molecular complexity index is 1020. The Labute approximate surface area is 192 Å². The average molecular weight is 461 g/mol. The number of aliphatic carboxylic acids is 1. The summed E-state index contributed by atoms with van der Waals surface area (Å²) in [5.74, 6) is -2.19. The van der Waals surface area contributed by atoms with Crippen molar-refractivity contribution in [2.45, 2.75) is 64.3 Å². The van der Waals surface area contributed by atoms with E-state index in [0.29, 0.717) is 37.2 Å². The third kappa shape index (κ3) is 4.83. The molecule has 2 aliphatic heterocycles. The van der Waals surface area contributed by atoms with E-state index in [-0.39, 0.29) is 12.0 Å². The highest BCUT2D eigenvalue weighted by Gasteiger charge is 2.52. The highest BCUT2D eigenvalue weighted by atomic mass is 19.2. The van der Waals surface area contributed by atoms with Crippen molar-refractivity contribution in [3.05, 3.63) is 59.2 Å². The third-order valence-electron chi connectivity index (χ3n) is 6.69. The lowest BCUT2D eigenvalue weighted by Gasteiger charge is -2.50. The first kappa shape index (κ1) is 23.5. The molecule has 0 aliphatic carbocycles. The standard InChI is InChI=1S/C26H30F2O5/c1-4-11-31-16-7-10-23-17(13-16)24-19(26(2,3)33-23)14-18(25(29)30)22(32-24)9-6-15-5-8-20(27)21(28)12-15/h5,7-8,10,12-13,18-19,22,24H,4,6,9,11,14H2,1-3H3,(H,29,30)/t18-,19-,22-,24+/m0/s1. The van der Waals surface area contributed by atoms with Gasteiger partial charge in [-0.05, 0) is 75.4 Å². The maximum Gasteiger partial charge on any atom is 0.309 e. The van der Waals surface area contributed by atoms with Crippen LogP contribution < -0.4 is 9.47 Å². The van der Waals surface area contributed by atoms with Crippen LogP contribution in [0, 0.1) is 23.5 Å². The molecule has 1 fully saturated rings. The van der Waals surface area contributed by atoms with Crippen LogP contribution in [0.3, 0.4) is 0 Å². The van der Waals surface area contributed by atoms with E-state index in [4.69, 9.17) is 14.2 Å². The Morgan fingerprint density at radius 2 is 1.97 bits per heavy atom. The van der Waals surface area contributed by atoms with Crippen molar-refractivity contribution >= 4 is 5.97 Å². The Morgan fingerprint density at radius 3 is 2.67 bits per heavy atom. The molecule has 1 N–H and O–H groups in total. The van der Waals surface area contributed by atoms with Crippen molar-refractivity contribution in [3.63, 3.8) is 0 Å². The molecule has 2 aliphatic rings. The number of hydrogen-bond acceptors (Lipinski definition) is 4.